The van der Waals surface area contributed by atoms with Crippen LogP contribution in [0.3, 0.4) is 0 Å². The Morgan fingerprint density at radius 1 is 0.900 bits per heavy atom. The molecule has 0 aromatic heterocycles. The largest absolute Gasteiger partial charge is 0.474 e. The molecule has 3 heteroatoms. The Hall–Kier alpha value is -1.35. The van der Waals surface area contributed by atoms with Crippen LogP contribution in [0.25, 0.3) is 0 Å². The van der Waals surface area contributed by atoms with Crippen molar-refractivity contribution in [1.82, 2.24) is 5.32 Å². The standard InChI is InChI=1S/C19H28N2O.C8H18/c1-2-18-7-3-4-13-21-19(22-18)16-10-8-15(9-11-16)17-6-5-12-20-14-17;1-3-5-7-8-6-4-2/h8-11,17-18,20H,2-7,12-14H2,1H3;3-8H2,1-2H3. The molecule has 30 heavy (non-hydrogen) atoms. The second-order valence-electron chi connectivity index (χ2n) is 8.91. The van der Waals surface area contributed by atoms with Gasteiger partial charge in [0.1, 0.15) is 6.10 Å². The van der Waals surface area contributed by atoms with E-state index in [1.165, 1.54) is 69.8 Å². The minimum Gasteiger partial charge on any atom is -0.474 e. The molecule has 0 amide bonds. The number of hydrogen-bond acceptors (Lipinski definition) is 3. The summed E-state index contributed by atoms with van der Waals surface area (Å²) < 4.78 is 6.15. The van der Waals surface area contributed by atoms with Gasteiger partial charge in [0.2, 0.25) is 5.90 Å². The lowest BCUT2D eigenvalue weighted by molar-refractivity contribution is 0.166. The van der Waals surface area contributed by atoms with Crippen molar-refractivity contribution >= 4 is 5.90 Å². The zero-order valence-corrected chi connectivity index (χ0v) is 19.9. The molecule has 1 aromatic rings. The predicted octanol–water partition coefficient (Wildman–Crippen LogP) is 7.25. The van der Waals surface area contributed by atoms with Crippen LogP contribution in [-0.4, -0.2) is 31.6 Å². The molecule has 0 radical (unpaired) electrons. The van der Waals surface area contributed by atoms with Crippen LogP contribution in [0.2, 0.25) is 0 Å². The number of rotatable bonds is 8. The van der Waals surface area contributed by atoms with E-state index in [4.69, 9.17) is 4.74 Å². The first-order valence-corrected chi connectivity index (χ1v) is 12.8. The molecule has 1 N–H and O–H groups in total. The van der Waals surface area contributed by atoms with Crippen LogP contribution in [0.4, 0.5) is 0 Å². The fraction of sp³-hybridized carbons (Fsp3) is 0.741. The molecule has 1 saturated heterocycles. The summed E-state index contributed by atoms with van der Waals surface area (Å²) in [5.41, 5.74) is 2.57. The Morgan fingerprint density at radius 3 is 2.23 bits per heavy atom. The van der Waals surface area contributed by atoms with Crippen molar-refractivity contribution in [2.24, 2.45) is 4.99 Å². The zero-order valence-electron chi connectivity index (χ0n) is 19.9. The molecule has 2 atom stereocenters. The van der Waals surface area contributed by atoms with Gasteiger partial charge in [-0.2, -0.15) is 0 Å². The molecule has 0 saturated carbocycles. The van der Waals surface area contributed by atoms with Crippen molar-refractivity contribution in [3.05, 3.63) is 35.4 Å². The molecular formula is C27H46N2O. The number of hydrogen-bond donors (Lipinski definition) is 1. The van der Waals surface area contributed by atoms with Crippen LogP contribution in [-0.2, 0) is 4.74 Å². The molecular weight excluding hydrogens is 368 g/mol. The lowest BCUT2D eigenvalue weighted by atomic mass is 9.91. The third kappa shape index (κ3) is 9.20. The van der Waals surface area contributed by atoms with Crippen LogP contribution < -0.4 is 5.32 Å². The van der Waals surface area contributed by atoms with Gasteiger partial charge in [-0.15, -0.1) is 0 Å². The first-order valence-electron chi connectivity index (χ1n) is 12.8. The van der Waals surface area contributed by atoms with E-state index in [2.05, 4.69) is 55.3 Å². The summed E-state index contributed by atoms with van der Waals surface area (Å²) in [6.07, 6.45) is 16.0. The van der Waals surface area contributed by atoms with Crippen molar-refractivity contribution < 1.29 is 4.74 Å². The fourth-order valence-electron chi connectivity index (χ4n) is 4.25. The second-order valence-corrected chi connectivity index (χ2v) is 8.91. The number of unbranched alkanes of at least 4 members (excludes halogenated alkanes) is 5. The van der Waals surface area contributed by atoms with E-state index >= 15 is 0 Å². The molecule has 170 valence electrons. The Labute approximate surface area is 186 Å². The van der Waals surface area contributed by atoms with Gasteiger partial charge in [0.15, 0.2) is 0 Å². The van der Waals surface area contributed by atoms with Gasteiger partial charge < -0.3 is 10.1 Å². The highest BCUT2D eigenvalue weighted by Crippen LogP contribution is 2.24. The number of aliphatic imine (C=N–C) groups is 1. The number of piperidine rings is 1. The van der Waals surface area contributed by atoms with Gasteiger partial charge in [-0.1, -0.05) is 71.4 Å². The summed E-state index contributed by atoms with van der Waals surface area (Å²) in [5.74, 6) is 1.51. The predicted molar refractivity (Wildman–Crippen MR) is 131 cm³/mol. The number of nitrogens with zero attached hydrogens (tertiary/aromatic N) is 1. The van der Waals surface area contributed by atoms with Gasteiger partial charge in [-0.3, -0.25) is 4.99 Å². The van der Waals surface area contributed by atoms with E-state index < -0.39 is 0 Å². The van der Waals surface area contributed by atoms with E-state index in [0.717, 1.165) is 43.9 Å². The topological polar surface area (TPSA) is 33.6 Å². The molecule has 1 aromatic carbocycles. The number of nitrogens with one attached hydrogen (secondary N) is 1. The highest BCUT2D eigenvalue weighted by atomic mass is 16.5. The molecule has 2 unspecified atom stereocenters. The summed E-state index contributed by atoms with van der Waals surface area (Å²) in [4.78, 5) is 4.68. The van der Waals surface area contributed by atoms with Crippen LogP contribution in [0, 0.1) is 0 Å². The average molecular weight is 415 g/mol. The fourth-order valence-corrected chi connectivity index (χ4v) is 4.25. The Bertz CT molecular complexity index is 569. The third-order valence-corrected chi connectivity index (χ3v) is 6.31. The molecule has 2 heterocycles. The maximum Gasteiger partial charge on any atom is 0.216 e. The van der Waals surface area contributed by atoms with E-state index in [-0.39, 0.29) is 0 Å². The minimum atomic E-state index is 0.321. The summed E-state index contributed by atoms with van der Waals surface area (Å²) in [6, 6.07) is 8.91. The van der Waals surface area contributed by atoms with Crippen molar-refractivity contribution in [3.63, 3.8) is 0 Å². The Morgan fingerprint density at radius 2 is 1.63 bits per heavy atom. The molecule has 1 fully saturated rings. The maximum atomic E-state index is 6.15. The smallest absolute Gasteiger partial charge is 0.216 e. The van der Waals surface area contributed by atoms with Gasteiger partial charge in [0, 0.05) is 18.7 Å². The summed E-state index contributed by atoms with van der Waals surface area (Å²) in [7, 11) is 0. The summed E-state index contributed by atoms with van der Waals surface area (Å²) in [6.45, 7) is 9.87. The third-order valence-electron chi connectivity index (χ3n) is 6.31. The number of benzene rings is 1. The van der Waals surface area contributed by atoms with Crippen molar-refractivity contribution in [1.29, 1.82) is 0 Å². The highest BCUT2D eigenvalue weighted by molar-refractivity contribution is 5.94. The quantitative estimate of drug-likeness (QED) is 0.455. The van der Waals surface area contributed by atoms with Gasteiger partial charge >= 0.3 is 0 Å². The van der Waals surface area contributed by atoms with Crippen molar-refractivity contribution in [3.8, 4) is 0 Å². The lowest BCUT2D eigenvalue weighted by Crippen LogP contribution is -2.28. The molecule has 3 nitrogen and oxygen atoms in total. The van der Waals surface area contributed by atoms with Crippen molar-refractivity contribution in [2.75, 3.05) is 19.6 Å². The van der Waals surface area contributed by atoms with E-state index in [9.17, 15) is 0 Å². The molecule has 2 aliphatic heterocycles. The summed E-state index contributed by atoms with van der Waals surface area (Å²) >= 11 is 0. The monoisotopic (exact) mass is 414 g/mol. The first-order chi connectivity index (χ1) is 14.8. The Kier molecular flexibility index (Phi) is 12.8. The normalized spacial score (nSPS) is 22.0. The SMILES string of the molecule is CCC1CCCCN=C(c2ccc(C3CCCNC3)cc2)O1.CCCCCCCC. The Balaban J connectivity index is 0.000000343. The zero-order chi connectivity index (χ0) is 21.4. The molecule has 0 bridgehead atoms. The van der Waals surface area contributed by atoms with Gasteiger partial charge in [-0.25, -0.2) is 0 Å². The van der Waals surface area contributed by atoms with E-state index in [0.29, 0.717) is 12.0 Å². The molecule has 2 aliphatic rings. The van der Waals surface area contributed by atoms with Crippen LogP contribution in [0.15, 0.2) is 29.3 Å². The average Bonchev–Trinajstić information content (AvgIpc) is 2.78. The van der Waals surface area contributed by atoms with Crippen LogP contribution in [0.1, 0.15) is 115 Å². The maximum absolute atomic E-state index is 6.15. The molecule has 0 spiro atoms. The van der Waals surface area contributed by atoms with Crippen LogP contribution in [0.5, 0.6) is 0 Å². The van der Waals surface area contributed by atoms with Gasteiger partial charge in [0.25, 0.3) is 0 Å². The molecule has 0 aliphatic carbocycles. The van der Waals surface area contributed by atoms with Gasteiger partial charge in [0.05, 0.1) is 0 Å². The highest BCUT2D eigenvalue weighted by Gasteiger charge is 2.17. The van der Waals surface area contributed by atoms with E-state index in [1.807, 2.05) is 0 Å². The van der Waals surface area contributed by atoms with E-state index in [1.54, 1.807) is 0 Å². The van der Waals surface area contributed by atoms with Crippen molar-refractivity contribution in [2.45, 2.75) is 110 Å². The first kappa shape index (κ1) is 24.9. The van der Waals surface area contributed by atoms with Gasteiger partial charge in [-0.05, 0) is 68.7 Å². The second kappa shape index (κ2) is 15.5. The number of ether oxygens (including phenoxy) is 1. The van der Waals surface area contributed by atoms with Crippen LogP contribution >= 0.6 is 0 Å². The molecule has 3 rings (SSSR count). The lowest BCUT2D eigenvalue weighted by Gasteiger charge is -2.24. The minimum absolute atomic E-state index is 0.321. The summed E-state index contributed by atoms with van der Waals surface area (Å²) in [5, 5.41) is 3.49.